The molecular weight excluding hydrogens is 243 g/mol. The fraction of sp³-hybridized carbons (Fsp3) is 0.556. The highest BCUT2D eigenvalue weighted by Crippen LogP contribution is 2.16. The average molecular weight is 254 g/mol. The van der Waals surface area contributed by atoms with E-state index in [9.17, 15) is 13.2 Å². The SMILES string of the molecule is Cc1cc(Cl)nc(CN(C)CC(F)(F)F)n1. The third-order valence-electron chi connectivity index (χ3n) is 1.73. The number of nitrogens with zero attached hydrogens (tertiary/aromatic N) is 3. The fourth-order valence-corrected chi connectivity index (χ4v) is 1.52. The molecule has 0 radical (unpaired) electrons. The van der Waals surface area contributed by atoms with Crippen LogP contribution in [0, 0.1) is 6.92 Å². The molecule has 0 saturated carbocycles. The largest absolute Gasteiger partial charge is 0.401 e. The van der Waals surface area contributed by atoms with Crippen LogP contribution in [0.1, 0.15) is 11.5 Å². The Labute approximate surface area is 96.3 Å². The van der Waals surface area contributed by atoms with Gasteiger partial charge in [-0.2, -0.15) is 13.2 Å². The van der Waals surface area contributed by atoms with Crippen LogP contribution in [0.3, 0.4) is 0 Å². The molecule has 0 N–H and O–H groups in total. The van der Waals surface area contributed by atoms with E-state index in [-0.39, 0.29) is 17.5 Å². The third-order valence-corrected chi connectivity index (χ3v) is 1.92. The lowest BCUT2D eigenvalue weighted by Gasteiger charge is -2.17. The topological polar surface area (TPSA) is 29.0 Å². The molecule has 16 heavy (non-hydrogen) atoms. The van der Waals surface area contributed by atoms with Crippen LogP contribution in [0.25, 0.3) is 0 Å². The van der Waals surface area contributed by atoms with E-state index in [4.69, 9.17) is 11.6 Å². The molecule has 0 aliphatic heterocycles. The summed E-state index contributed by atoms with van der Waals surface area (Å²) in [5.74, 6) is 0.289. The number of alkyl halides is 3. The standard InChI is InChI=1S/C9H11ClF3N3/c1-6-3-7(10)15-8(14-6)4-16(2)5-9(11,12)13/h3H,4-5H2,1-2H3. The number of hydrogen-bond donors (Lipinski definition) is 0. The van der Waals surface area contributed by atoms with Crippen molar-refractivity contribution in [1.82, 2.24) is 14.9 Å². The minimum Gasteiger partial charge on any atom is -0.291 e. The zero-order chi connectivity index (χ0) is 12.3. The maximum Gasteiger partial charge on any atom is 0.401 e. The second-order valence-corrected chi connectivity index (χ2v) is 3.92. The molecule has 1 heterocycles. The molecule has 0 atom stereocenters. The van der Waals surface area contributed by atoms with Crippen LogP contribution < -0.4 is 0 Å². The molecule has 0 amide bonds. The highest BCUT2D eigenvalue weighted by Gasteiger charge is 2.29. The molecule has 1 aromatic heterocycles. The molecule has 0 aliphatic carbocycles. The molecular formula is C9H11ClF3N3. The molecule has 90 valence electrons. The maximum atomic E-state index is 12.1. The second-order valence-electron chi connectivity index (χ2n) is 3.54. The van der Waals surface area contributed by atoms with Gasteiger partial charge in [0.05, 0.1) is 13.1 Å². The summed E-state index contributed by atoms with van der Waals surface area (Å²) in [6, 6.07) is 1.55. The van der Waals surface area contributed by atoms with Gasteiger partial charge in [-0.3, -0.25) is 4.90 Å². The maximum absolute atomic E-state index is 12.1. The van der Waals surface area contributed by atoms with Gasteiger partial charge >= 0.3 is 6.18 Å². The summed E-state index contributed by atoms with van der Waals surface area (Å²) in [5.41, 5.74) is 0.635. The van der Waals surface area contributed by atoms with E-state index in [1.165, 1.54) is 7.05 Å². The third kappa shape index (κ3) is 4.76. The summed E-state index contributed by atoms with van der Waals surface area (Å²) >= 11 is 5.67. The highest BCUT2D eigenvalue weighted by atomic mass is 35.5. The first-order chi connectivity index (χ1) is 7.26. The molecule has 3 nitrogen and oxygen atoms in total. The van der Waals surface area contributed by atoms with Gasteiger partial charge < -0.3 is 0 Å². The predicted molar refractivity (Wildman–Crippen MR) is 54.2 cm³/mol. The molecule has 7 heteroatoms. The lowest BCUT2D eigenvalue weighted by atomic mass is 10.4. The van der Waals surface area contributed by atoms with Crippen LogP contribution in [0.15, 0.2) is 6.07 Å². The lowest BCUT2D eigenvalue weighted by molar-refractivity contribution is -0.144. The normalized spacial score (nSPS) is 12.2. The van der Waals surface area contributed by atoms with Gasteiger partial charge in [-0.15, -0.1) is 0 Å². The minimum atomic E-state index is -4.22. The Morgan fingerprint density at radius 3 is 2.50 bits per heavy atom. The van der Waals surface area contributed by atoms with Crippen LogP contribution in [-0.4, -0.2) is 34.6 Å². The van der Waals surface area contributed by atoms with E-state index < -0.39 is 12.7 Å². The molecule has 1 rings (SSSR count). The van der Waals surface area contributed by atoms with Crippen molar-refractivity contribution < 1.29 is 13.2 Å². The van der Waals surface area contributed by atoms with E-state index in [2.05, 4.69) is 9.97 Å². The Hall–Kier alpha value is -0.880. The first-order valence-electron chi connectivity index (χ1n) is 4.51. The first-order valence-corrected chi connectivity index (χ1v) is 4.89. The number of aromatic nitrogens is 2. The minimum absolute atomic E-state index is 0.0148. The van der Waals surface area contributed by atoms with Crippen molar-refractivity contribution in [2.24, 2.45) is 0 Å². The van der Waals surface area contributed by atoms with Crippen LogP contribution in [-0.2, 0) is 6.54 Å². The zero-order valence-electron chi connectivity index (χ0n) is 8.85. The number of halogens is 4. The Kier molecular flexibility index (Phi) is 4.09. The molecule has 0 aromatic carbocycles. The van der Waals surface area contributed by atoms with Crippen LogP contribution in [0.4, 0.5) is 13.2 Å². The van der Waals surface area contributed by atoms with Crippen molar-refractivity contribution in [3.8, 4) is 0 Å². The molecule has 0 saturated heterocycles. The summed E-state index contributed by atoms with van der Waals surface area (Å²) in [5, 5.41) is 0.239. The van der Waals surface area contributed by atoms with E-state index >= 15 is 0 Å². The fourth-order valence-electron chi connectivity index (χ4n) is 1.26. The van der Waals surface area contributed by atoms with Gasteiger partial charge in [-0.05, 0) is 20.0 Å². The van der Waals surface area contributed by atoms with Gasteiger partial charge in [0.15, 0.2) is 0 Å². The van der Waals surface area contributed by atoms with Crippen LogP contribution in [0.2, 0.25) is 5.15 Å². The van der Waals surface area contributed by atoms with Gasteiger partial charge in [0.25, 0.3) is 0 Å². The molecule has 0 unspecified atom stereocenters. The Bertz CT molecular complexity index is 347. The monoisotopic (exact) mass is 253 g/mol. The molecule has 0 spiro atoms. The van der Waals surface area contributed by atoms with Gasteiger partial charge in [-0.1, -0.05) is 11.6 Å². The van der Waals surface area contributed by atoms with Gasteiger partial charge in [0.1, 0.15) is 11.0 Å². The smallest absolute Gasteiger partial charge is 0.291 e. The number of aryl methyl sites for hydroxylation is 1. The number of hydrogen-bond acceptors (Lipinski definition) is 3. The van der Waals surface area contributed by atoms with Gasteiger partial charge in [0, 0.05) is 5.69 Å². The van der Waals surface area contributed by atoms with Gasteiger partial charge in [0.2, 0.25) is 0 Å². The quantitative estimate of drug-likeness (QED) is 0.775. The van der Waals surface area contributed by atoms with Gasteiger partial charge in [-0.25, -0.2) is 9.97 Å². The molecule has 1 aromatic rings. The summed E-state index contributed by atoms with van der Waals surface area (Å²) in [6.07, 6.45) is -4.22. The predicted octanol–water partition coefficient (Wildman–Crippen LogP) is 2.43. The Morgan fingerprint density at radius 2 is 2.00 bits per heavy atom. The summed E-state index contributed by atoms with van der Waals surface area (Å²) < 4.78 is 36.2. The molecule has 0 aliphatic rings. The lowest BCUT2D eigenvalue weighted by Crippen LogP contribution is -2.31. The van der Waals surface area contributed by atoms with Crippen LogP contribution >= 0.6 is 11.6 Å². The van der Waals surface area contributed by atoms with E-state index in [0.29, 0.717) is 5.69 Å². The second kappa shape index (κ2) is 4.97. The van der Waals surface area contributed by atoms with Crippen molar-refractivity contribution in [1.29, 1.82) is 0 Å². The first kappa shape index (κ1) is 13.2. The van der Waals surface area contributed by atoms with Crippen LogP contribution in [0.5, 0.6) is 0 Å². The van der Waals surface area contributed by atoms with Crippen molar-refractivity contribution >= 4 is 11.6 Å². The van der Waals surface area contributed by atoms with Crippen molar-refractivity contribution in [2.75, 3.05) is 13.6 Å². The Balaban J connectivity index is 2.66. The molecule has 0 fully saturated rings. The van der Waals surface area contributed by atoms with Crippen molar-refractivity contribution in [3.63, 3.8) is 0 Å². The van der Waals surface area contributed by atoms with E-state index in [1.54, 1.807) is 13.0 Å². The highest BCUT2D eigenvalue weighted by molar-refractivity contribution is 6.29. The summed E-state index contributed by atoms with van der Waals surface area (Å²) in [7, 11) is 1.35. The Morgan fingerprint density at radius 1 is 1.38 bits per heavy atom. The molecule has 0 bridgehead atoms. The van der Waals surface area contributed by atoms with E-state index in [0.717, 1.165) is 4.90 Å². The number of rotatable bonds is 3. The summed E-state index contributed by atoms with van der Waals surface area (Å²) in [4.78, 5) is 8.94. The zero-order valence-corrected chi connectivity index (χ0v) is 9.60. The van der Waals surface area contributed by atoms with E-state index in [1.807, 2.05) is 0 Å². The summed E-state index contributed by atoms with van der Waals surface area (Å²) in [6.45, 7) is 0.726. The average Bonchev–Trinajstić information content (AvgIpc) is 1.96. The van der Waals surface area contributed by atoms with Crippen molar-refractivity contribution in [2.45, 2.75) is 19.6 Å². The van der Waals surface area contributed by atoms with Crippen molar-refractivity contribution in [3.05, 3.63) is 22.7 Å².